The van der Waals surface area contributed by atoms with E-state index in [9.17, 15) is 30.6 Å². The van der Waals surface area contributed by atoms with Crippen molar-refractivity contribution in [1.82, 2.24) is 0 Å². The van der Waals surface area contributed by atoms with Crippen molar-refractivity contribution >= 4 is 0 Å². The van der Waals surface area contributed by atoms with Crippen LogP contribution >= 0.6 is 0 Å². The highest BCUT2D eigenvalue weighted by Crippen LogP contribution is 2.30. The zero-order valence-corrected chi connectivity index (χ0v) is 12.0. The van der Waals surface area contributed by atoms with Gasteiger partial charge < -0.3 is 55.1 Å². The Kier molecular flexibility index (Phi) is 5.92. The smallest absolute Gasteiger partial charge is 0.219 e. The van der Waals surface area contributed by atoms with Crippen molar-refractivity contribution in [3.05, 3.63) is 0 Å². The van der Waals surface area contributed by atoms with Crippen LogP contribution in [0.2, 0.25) is 0 Å². The molecule has 0 radical (unpaired) electrons. The minimum Gasteiger partial charge on any atom is -0.394 e. The predicted octanol–water partition coefficient (Wildman–Crippen LogP) is -5.40. The largest absolute Gasteiger partial charge is 0.394 e. The first-order chi connectivity index (χ1) is 10.7. The second-order valence-electron chi connectivity index (χ2n) is 5.63. The Hall–Kier alpha value is -0.440. The molecule has 11 heteroatoms. The third-order valence-electron chi connectivity index (χ3n) is 4.02. The van der Waals surface area contributed by atoms with Crippen LogP contribution < -0.4 is 0 Å². The summed E-state index contributed by atoms with van der Waals surface area (Å²) in [6.45, 7) is -2.05. The Morgan fingerprint density at radius 2 is 1.52 bits per heavy atom. The number of aliphatic hydroxyl groups excluding tert-OH is 7. The van der Waals surface area contributed by atoms with Gasteiger partial charge in [0.1, 0.15) is 42.7 Å². The zero-order chi connectivity index (χ0) is 17.4. The maximum Gasteiger partial charge on any atom is 0.219 e. The number of hydrogen-bond acceptors (Lipinski definition) is 11. The summed E-state index contributed by atoms with van der Waals surface area (Å²) in [7, 11) is 0. The third kappa shape index (κ3) is 3.50. The lowest BCUT2D eigenvalue weighted by Crippen LogP contribution is -2.59. The van der Waals surface area contributed by atoms with Gasteiger partial charge in [0.2, 0.25) is 5.79 Å². The van der Waals surface area contributed by atoms with Gasteiger partial charge in [-0.3, -0.25) is 0 Å². The van der Waals surface area contributed by atoms with E-state index in [1.54, 1.807) is 0 Å². The van der Waals surface area contributed by atoms with Crippen molar-refractivity contribution in [2.45, 2.75) is 54.8 Å². The molecule has 2 heterocycles. The Balaban J connectivity index is 1.95. The van der Waals surface area contributed by atoms with Crippen LogP contribution in [0.25, 0.3) is 0 Å². The lowest BCUT2D eigenvalue weighted by Gasteiger charge is -2.39. The van der Waals surface area contributed by atoms with Gasteiger partial charge in [-0.25, -0.2) is 0 Å². The molecule has 2 fully saturated rings. The maximum absolute atomic E-state index is 9.78. The third-order valence-corrected chi connectivity index (χ3v) is 4.02. The van der Waals surface area contributed by atoms with Gasteiger partial charge in [0, 0.05) is 0 Å². The van der Waals surface area contributed by atoms with Crippen molar-refractivity contribution in [2.24, 2.45) is 0 Å². The van der Waals surface area contributed by atoms with Crippen LogP contribution in [0.4, 0.5) is 0 Å². The van der Waals surface area contributed by atoms with Gasteiger partial charge in [-0.2, -0.15) is 0 Å². The molecule has 0 saturated carbocycles. The predicted molar refractivity (Wildman–Crippen MR) is 68.6 cm³/mol. The van der Waals surface area contributed by atoms with Crippen molar-refractivity contribution in [1.29, 1.82) is 0 Å². The average Bonchev–Trinajstić information content (AvgIpc) is 2.77. The first kappa shape index (κ1) is 18.9. The van der Waals surface area contributed by atoms with E-state index in [1.165, 1.54) is 0 Å². The molecule has 0 amide bonds. The fourth-order valence-corrected chi connectivity index (χ4v) is 2.53. The maximum atomic E-state index is 9.78. The normalized spacial score (nSPS) is 51.1. The summed E-state index contributed by atoms with van der Waals surface area (Å²) in [6.07, 6.45) is -12.0. The van der Waals surface area contributed by atoms with Crippen LogP contribution in [0.5, 0.6) is 0 Å². The first-order valence-corrected chi connectivity index (χ1v) is 7.04. The fraction of sp³-hybridized carbons (Fsp3) is 1.00. The molecular formula is C12H22O11. The Morgan fingerprint density at radius 3 is 2.04 bits per heavy atom. The van der Waals surface area contributed by atoms with Crippen LogP contribution in [0.3, 0.4) is 0 Å². The van der Waals surface area contributed by atoms with Crippen LogP contribution in [-0.2, 0) is 14.2 Å². The molecule has 2 aliphatic rings. The fourth-order valence-electron chi connectivity index (χ4n) is 2.53. The number of rotatable bonds is 5. The lowest BCUT2D eigenvalue weighted by molar-refractivity contribution is -0.310. The highest BCUT2D eigenvalue weighted by atomic mass is 16.7. The summed E-state index contributed by atoms with van der Waals surface area (Å²) in [4.78, 5) is 0. The van der Waals surface area contributed by atoms with Crippen LogP contribution in [0.15, 0.2) is 0 Å². The zero-order valence-electron chi connectivity index (χ0n) is 12.0. The summed E-state index contributed by atoms with van der Waals surface area (Å²) in [5.41, 5.74) is 0. The Morgan fingerprint density at radius 1 is 0.870 bits per heavy atom. The minimum atomic E-state index is -2.34. The monoisotopic (exact) mass is 342 g/mol. The second kappa shape index (κ2) is 7.21. The molecule has 0 bridgehead atoms. The van der Waals surface area contributed by atoms with Gasteiger partial charge in [-0.15, -0.1) is 0 Å². The number of hydrogen-bond donors (Lipinski definition) is 8. The molecule has 2 aliphatic heterocycles. The highest BCUT2D eigenvalue weighted by molar-refractivity contribution is 4.95. The van der Waals surface area contributed by atoms with Gasteiger partial charge in [0.15, 0.2) is 6.29 Å². The van der Waals surface area contributed by atoms with Crippen LogP contribution in [-0.4, -0.2) is 115 Å². The van der Waals surface area contributed by atoms with E-state index in [-0.39, 0.29) is 0 Å². The molecule has 0 aromatic carbocycles. The second-order valence-corrected chi connectivity index (χ2v) is 5.63. The van der Waals surface area contributed by atoms with Crippen LogP contribution in [0, 0.1) is 0 Å². The van der Waals surface area contributed by atoms with E-state index in [2.05, 4.69) is 0 Å². The number of ether oxygens (including phenoxy) is 3. The van der Waals surface area contributed by atoms with E-state index in [0.717, 1.165) is 0 Å². The molecule has 2 saturated heterocycles. The quantitative estimate of drug-likeness (QED) is 0.238. The topological polar surface area (TPSA) is 190 Å². The molecule has 0 aliphatic carbocycles. The summed E-state index contributed by atoms with van der Waals surface area (Å²) in [5, 5.41) is 76.1. The Labute approximate surface area is 130 Å². The SMILES string of the molecule is OC[C@H]1O[C@H](OC[C@H]2OC(O)(CO)[C@@H](O)[C@@H]2O)[C@H](O)[C@@H](O)[C@H]1O. The van der Waals surface area contributed by atoms with E-state index >= 15 is 0 Å². The van der Waals surface area contributed by atoms with Gasteiger partial charge in [0.05, 0.1) is 19.8 Å². The van der Waals surface area contributed by atoms with Gasteiger partial charge in [0.25, 0.3) is 0 Å². The highest BCUT2D eigenvalue weighted by Gasteiger charge is 2.53. The van der Waals surface area contributed by atoms with E-state index in [0.29, 0.717) is 0 Å². The molecule has 2 rings (SSSR count). The molecule has 0 aromatic rings. The summed E-state index contributed by atoms with van der Waals surface area (Å²) in [5.74, 6) is -2.34. The van der Waals surface area contributed by atoms with Crippen molar-refractivity contribution in [3.8, 4) is 0 Å². The summed E-state index contributed by atoms with van der Waals surface area (Å²) in [6, 6.07) is 0. The molecule has 8 N–H and O–H groups in total. The summed E-state index contributed by atoms with van der Waals surface area (Å²) < 4.78 is 15.2. The molecule has 136 valence electrons. The summed E-state index contributed by atoms with van der Waals surface area (Å²) >= 11 is 0. The minimum absolute atomic E-state index is 0.469. The number of aliphatic hydroxyl groups is 8. The van der Waals surface area contributed by atoms with Gasteiger partial charge >= 0.3 is 0 Å². The average molecular weight is 342 g/mol. The molecule has 11 nitrogen and oxygen atoms in total. The molecule has 9 atom stereocenters. The lowest BCUT2D eigenvalue weighted by atomic mass is 9.99. The molecular weight excluding hydrogens is 320 g/mol. The standard InChI is InChI=1S/C12H22O11/c13-1-4-6(15)8(17)9(18)11(22-4)21-2-5-7(16)10(19)12(20,3-14)23-5/h4-11,13-20H,1-3H2/t4-,5-,6+,7-,8+,9-,10+,11+,12?/m1/s1. The first-order valence-electron chi connectivity index (χ1n) is 7.04. The van der Waals surface area contributed by atoms with Crippen molar-refractivity contribution < 1.29 is 55.1 Å². The van der Waals surface area contributed by atoms with E-state index in [4.69, 9.17) is 24.4 Å². The van der Waals surface area contributed by atoms with Crippen molar-refractivity contribution in [2.75, 3.05) is 19.8 Å². The Bertz CT molecular complexity index is 393. The van der Waals surface area contributed by atoms with Crippen LogP contribution in [0.1, 0.15) is 0 Å². The molecule has 0 aromatic heterocycles. The molecule has 23 heavy (non-hydrogen) atoms. The van der Waals surface area contributed by atoms with E-state index in [1.807, 2.05) is 0 Å². The van der Waals surface area contributed by atoms with Crippen molar-refractivity contribution in [3.63, 3.8) is 0 Å². The molecule has 0 spiro atoms. The molecule has 1 unspecified atom stereocenters. The van der Waals surface area contributed by atoms with Gasteiger partial charge in [-0.1, -0.05) is 0 Å². The van der Waals surface area contributed by atoms with E-state index < -0.39 is 74.6 Å². The van der Waals surface area contributed by atoms with Gasteiger partial charge in [-0.05, 0) is 0 Å².